The van der Waals surface area contributed by atoms with E-state index in [2.05, 4.69) is 56.8 Å². The van der Waals surface area contributed by atoms with E-state index in [0.717, 1.165) is 0 Å². The highest BCUT2D eigenvalue weighted by Crippen LogP contribution is 2.17. The molecule has 0 aliphatic rings. The normalized spacial score (nSPS) is 13.1. The maximum absolute atomic E-state index is 13.5. The van der Waals surface area contributed by atoms with Gasteiger partial charge in [-0.15, -0.1) is 0 Å². The standard InChI is InChI=1S/C37H48N14O10S2/c1-62-63-19-24(18-55)46-32(58)27(11-14-53)49-33(59)25(3-2-12-41-36(38)39)48-34(60)26(10-13-52)47-28(56)9-8-22(17-54)45-31(57)20-4-6-21(7-5-20)42-15-23-16-43-30-29(44-23)35(61)51-37(40)50-30/h4-7,13-14,16-18,22,24-27,42H,2-3,8-12,15,19H2,1H3,(H,45,57)(H,46,58)(H,47,56)(H,48,60)(H,49,59)(H4,38,39,41)(H3,40,43,50,51,61)/t22-,24-,25-,26?,27-/m1/s1. The summed E-state index contributed by atoms with van der Waals surface area (Å²) >= 11 is 0. The van der Waals surface area contributed by atoms with Crippen molar-refractivity contribution >= 4 is 105 Å². The monoisotopic (exact) mass is 912 g/mol. The lowest BCUT2D eigenvalue weighted by atomic mass is 10.1. The fraction of sp³-hybridized carbons (Fsp3) is 0.405. The van der Waals surface area contributed by atoms with Gasteiger partial charge >= 0.3 is 0 Å². The molecule has 3 aromatic rings. The van der Waals surface area contributed by atoms with Crippen molar-refractivity contribution in [2.75, 3.05) is 29.6 Å². The summed E-state index contributed by atoms with van der Waals surface area (Å²) in [5.74, 6) is -4.16. The molecular formula is C37H48N14O10S2. The number of aromatic amines is 1. The molecule has 5 atom stereocenters. The van der Waals surface area contributed by atoms with Crippen molar-refractivity contribution in [3.63, 3.8) is 0 Å². The van der Waals surface area contributed by atoms with Crippen LogP contribution in [0.25, 0.3) is 11.2 Å². The molecule has 338 valence electrons. The second-order valence-electron chi connectivity index (χ2n) is 13.4. The van der Waals surface area contributed by atoms with Crippen LogP contribution in [0.2, 0.25) is 0 Å². The summed E-state index contributed by atoms with van der Waals surface area (Å²) in [6.45, 7) is 0.217. The van der Waals surface area contributed by atoms with E-state index < -0.39 is 78.1 Å². The van der Waals surface area contributed by atoms with E-state index in [-0.39, 0.29) is 73.2 Å². The quantitative estimate of drug-likeness (QED) is 0.0117. The molecule has 0 bridgehead atoms. The average molecular weight is 913 g/mol. The molecule has 0 saturated heterocycles. The predicted octanol–water partition coefficient (Wildman–Crippen LogP) is -2.63. The third-order valence-corrected chi connectivity index (χ3v) is 10.5. The molecule has 2 aromatic heterocycles. The fourth-order valence-corrected chi connectivity index (χ4v) is 6.77. The minimum Gasteiger partial charge on any atom is -0.379 e. The number of aliphatic imine (C=N–C) groups is 1. The molecule has 0 spiro atoms. The number of rotatable bonds is 28. The van der Waals surface area contributed by atoms with Crippen LogP contribution < -0.4 is 54.7 Å². The molecule has 0 aliphatic heterocycles. The summed E-state index contributed by atoms with van der Waals surface area (Å²) in [5.41, 5.74) is 17.1. The molecule has 3 rings (SSSR count). The van der Waals surface area contributed by atoms with Gasteiger partial charge in [-0.25, -0.2) is 9.97 Å². The predicted molar refractivity (Wildman–Crippen MR) is 234 cm³/mol. The minimum absolute atomic E-state index is 0.0162. The Bertz CT molecular complexity index is 2190. The molecule has 1 aromatic carbocycles. The number of carbonyl (C=O) groups excluding carboxylic acids is 9. The highest BCUT2D eigenvalue weighted by Gasteiger charge is 2.30. The van der Waals surface area contributed by atoms with Gasteiger partial charge < -0.3 is 68.3 Å². The van der Waals surface area contributed by atoms with Gasteiger partial charge in [-0.3, -0.25) is 38.7 Å². The van der Waals surface area contributed by atoms with E-state index in [9.17, 15) is 47.9 Å². The van der Waals surface area contributed by atoms with Crippen LogP contribution in [-0.2, 0) is 44.9 Å². The van der Waals surface area contributed by atoms with Crippen LogP contribution in [0, 0.1) is 0 Å². The van der Waals surface area contributed by atoms with Gasteiger partial charge in [0.15, 0.2) is 17.1 Å². The number of benzene rings is 1. The lowest BCUT2D eigenvalue weighted by molar-refractivity contribution is -0.134. The van der Waals surface area contributed by atoms with Gasteiger partial charge in [0.05, 0.1) is 30.5 Å². The Hall–Kier alpha value is -6.96. The van der Waals surface area contributed by atoms with Crippen LogP contribution >= 0.6 is 21.6 Å². The Morgan fingerprint density at radius 1 is 0.825 bits per heavy atom. The molecule has 24 nitrogen and oxygen atoms in total. The first-order chi connectivity index (χ1) is 30.2. The molecule has 0 aliphatic carbocycles. The summed E-state index contributed by atoms with van der Waals surface area (Å²) in [4.78, 5) is 143. The van der Waals surface area contributed by atoms with Crippen LogP contribution in [0.15, 0.2) is 40.2 Å². The van der Waals surface area contributed by atoms with E-state index in [1.807, 2.05) is 0 Å². The number of nitrogen functional groups attached to an aromatic ring is 1. The number of hydrogen-bond donors (Lipinski definition) is 10. The number of fused-ring (bicyclic) bond motifs is 1. The first kappa shape index (κ1) is 50.4. The molecule has 5 amide bonds. The van der Waals surface area contributed by atoms with Crippen molar-refractivity contribution in [2.24, 2.45) is 16.5 Å². The molecule has 0 saturated carbocycles. The Morgan fingerprint density at radius 2 is 1.46 bits per heavy atom. The highest BCUT2D eigenvalue weighted by atomic mass is 33.1. The number of H-pyrrole nitrogens is 1. The number of aldehydes is 4. The Balaban J connectivity index is 1.59. The molecule has 0 fully saturated rings. The van der Waals surface area contributed by atoms with Gasteiger partial charge in [-0.1, -0.05) is 21.6 Å². The Morgan fingerprint density at radius 3 is 2.10 bits per heavy atom. The molecular weight excluding hydrogens is 865 g/mol. The van der Waals surface area contributed by atoms with Gasteiger partial charge in [0.1, 0.15) is 43.3 Å². The van der Waals surface area contributed by atoms with E-state index in [1.54, 1.807) is 18.4 Å². The lowest BCUT2D eigenvalue weighted by Crippen LogP contribution is -2.57. The maximum Gasteiger partial charge on any atom is 0.280 e. The number of anilines is 2. The summed E-state index contributed by atoms with van der Waals surface area (Å²) in [6.07, 6.45) is 3.42. The fourth-order valence-electron chi connectivity index (χ4n) is 5.48. The highest BCUT2D eigenvalue weighted by molar-refractivity contribution is 8.76. The van der Waals surface area contributed by atoms with Crippen LogP contribution in [0.1, 0.15) is 54.6 Å². The molecule has 2 heterocycles. The largest absolute Gasteiger partial charge is 0.379 e. The number of nitrogens with zero attached hydrogens (tertiary/aromatic N) is 4. The van der Waals surface area contributed by atoms with Gasteiger partial charge in [0.25, 0.3) is 11.5 Å². The number of carbonyl (C=O) groups is 9. The summed E-state index contributed by atoms with van der Waals surface area (Å²) < 4.78 is 0. The summed E-state index contributed by atoms with van der Waals surface area (Å²) in [6, 6.07) is -0.155. The molecule has 0 radical (unpaired) electrons. The number of hydrogen-bond acceptors (Lipinski definition) is 18. The summed E-state index contributed by atoms with van der Waals surface area (Å²) in [7, 11) is 2.67. The van der Waals surface area contributed by atoms with Crippen LogP contribution in [0.4, 0.5) is 11.6 Å². The van der Waals surface area contributed by atoms with Gasteiger partial charge in [0, 0.05) is 42.8 Å². The Kier molecular flexibility index (Phi) is 21.1. The van der Waals surface area contributed by atoms with Crippen molar-refractivity contribution in [3.05, 3.63) is 52.1 Å². The topological polar surface area (TPSA) is 388 Å². The van der Waals surface area contributed by atoms with Crippen molar-refractivity contribution in [3.8, 4) is 0 Å². The van der Waals surface area contributed by atoms with E-state index in [0.29, 0.717) is 36.5 Å². The number of nitrogens with one attached hydrogen (secondary N) is 7. The molecule has 13 N–H and O–H groups in total. The van der Waals surface area contributed by atoms with Gasteiger partial charge in [-0.2, -0.15) is 4.98 Å². The lowest BCUT2D eigenvalue weighted by Gasteiger charge is -2.25. The zero-order chi connectivity index (χ0) is 46.3. The maximum atomic E-state index is 13.5. The van der Waals surface area contributed by atoms with E-state index >= 15 is 0 Å². The number of amides is 5. The second-order valence-corrected chi connectivity index (χ2v) is 16.0. The number of nitrogens with two attached hydrogens (primary N) is 3. The van der Waals surface area contributed by atoms with Crippen molar-refractivity contribution in [1.29, 1.82) is 0 Å². The number of aromatic nitrogens is 4. The third-order valence-electron chi connectivity index (χ3n) is 8.65. The van der Waals surface area contributed by atoms with Crippen molar-refractivity contribution in [1.82, 2.24) is 46.5 Å². The minimum atomic E-state index is -1.48. The first-order valence-electron chi connectivity index (χ1n) is 19.1. The van der Waals surface area contributed by atoms with Crippen LogP contribution in [0.3, 0.4) is 0 Å². The molecule has 26 heteroatoms. The van der Waals surface area contributed by atoms with Gasteiger partial charge in [0.2, 0.25) is 29.6 Å². The van der Waals surface area contributed by atoms with Crippen molar-refractivity contribution < 1.29 is 43.2 Å². The zero-order valence-electron chi connectivity index (χ0n) is 33.9. The number of guanidine groups is 1. The third kappa shape index (κ3) is 17.1. The van der Waals surface area contributed by atoms with Crippen molar-refractivity contribution in [2.45, 2.75) is 75.3 Å². The molecule has 63 heavy (non-hydrogen) atoms. The molecule has 1 unspecified atom stereocenters. The average Bonchev–Trinajstić information content (AvgIpc) is 3.26. The van der Waals surface area contributed by atoms with E-state index in [1.165, 1.54) is 39.9 Å². The van der Waals surface area contributed by atoms with Crippen LogP contribution in [-0.4, -0.2) is 129 Å². The van der Waals surface area contributed by atoms with E-state index in [4.69, 9.17) is 17.2 Å². The summed E-state index contributed by atoms with van der Waals surface area (Å²) in [5, 5.41) is 15.3. The second kappa shape index (κ2) is 26.4. The van der Waals surface area contributed by atoms with Gasteiger partial charge in [-0.05, 0) is 49.8 Å². The smallest absolute Gasteiger partial charge is 0.280 e. The van der Waals surface area contributed by atoms with Crippen LogP contribution in [0.5, 0.6) is 0 Å². The SMILES string of the molecule is CSSC[C@@H](C=O)NC(=O)[C@@H](CC=O)NC(=O)[C@@H](CCCN=C(N)N)NC(=O)C(CC=O)NC(=O)CC[C@H](C=O)NC(=O)c1ccc(NCc2cnc3nc(N)[nH]c(=O)c3n2)cc1. The zero-order valence-corrected chi connectivity index (χ0v) is 35.5. The first-order valence-corrected chi connectivity index (χ1v) is 21.8. The Labute approximate surface area is 367 Å².